The van der Waals surface area contributed by atoms with Gasteiger partial charge in [-0.3, -0.25) is 4.68 Å². The molecule has 5 heteroatoms. The summed E-state index contributed by atoms with van der Waals surface area (Å²) >= 11 is 0. The van der Waals surface area contributed by atoms with E-state index in [1.54, 1.807) is 6.07 Å². The lowest BCUT2D eigenvalue weighted by Crippen LogP contribution is -2.05. The van der Waals surface area contributed by atoms with Crippen molar-refractivity contribution in [2.45, 2.75) is 25.7 Å². The lowest BCUT2D eigenvalue weighted by atomic mass is 9.93. The zero-order chi connectivity index (χ0) is 14.3. The van der Waals surface area contributed by atoms with Gasteiger partial charge in [-0.25, -0.2) is 4.79 Å². The van der Waals surface area contributed by atoms with Crippen LogP contribution in [0.1, 0.15) is 34.5 Å². The average Bonchev–Trinajstić information content (AvgIpc) is 2.76. The number of hydrogen-bond donors (Lipinski definition) is 2. The molecule has 104 valence electrons. The molecule has 0 radical (unpaired) electrons. The van der Waals surface area contributed by atoms with Crippen LogP contribution in [0.2, 0.25) is 0 Å². The first kappa shape index (κ1) is 12.7. The van der Waals surface area contributed by atoms with Gasteiger partial charge in [-0.1, -0.05) is 6.07 Å². The van der Waals surface area contributed by atoms with E-state index in [0.717, 1.165) is 30.5 Å². The molecular formula is C15H16N2O3. The normalized spacial score (nSPS) is 14.1. The maximum Gasteiger partial charge on any atom is 0.339 e. The van der Waals surface area contributed by atoms with Gasteiger partial charge in [0.1, 0.15) is 11.3 Å². The number of nitrogens with zero attached hydrogens (tertiary/aromatic N) is 2. The molecule has 0 aliphatic heterocycles. The van der Waals surface area contributed by atoms with E-state index in [9.17, 15) is 9.90 Å². The first-order chi connectivity index (χ1) is 9.58. The summed E-state index contributed by atoms with van der Waals surface area (Å²) in [5.41, 5.74) is 4.01. The maximum atomic E-state index is 10.9. The number of rotatable bonds is 2. The topological polar surface area (TPSA) is 75.4 Å². The largest absolute Gasteiger partial charge is 0.507 e. The molecule has 1 heterocycles. The Bertz CT molecular complexity index is 689. The van der Waals surface area contributed by atoms with E-state index in [1.807, 2.05) is 11.7 Å². The maximum absolute atomic E-state index is 10.9. The molecule has 1 aliphatic rings. The summed E-state index contributed by atoms with van der Waals surface area (Å²) in [6.45, 7) is 0. The molecule has 3 rings (SSSR count). The molecule has 0 bridgehead atoms. The fourth-order valence-corrected chi connectivity index (χ4v) is 2.86. The van der Waals surface area contributed by atoms with Crippen molar-refractivity contribution in [3.05, 3.63) is 35.0 Å². The minimum Gasteiger partial charge on any atom is -0.507 e. The number of aromatic nitrogens is 2. The van der Waals surface area contributed by atoms with Crippen LogP contribution in [0.4, 0.5) is 0 Å². The van der Waals surface area contributed by atoms with Crippen LogP contribution in [0.3, 0.4) is 0 Å². The minimum absolute atomic E-state index is 0.0847. The summed E-state index contributed by atoms with van der Waals surface area (Å²) < 4.78 is 1.89. The molecule has 1 aromatic heterocycles. The van der Waals surface area contributed by atoms with Crippen molar-refractivity contribution in [1.29, 1.82) is 0 Å². The molecule has 0 amide bonds. The predicted octanol–water partition coefficient (Wildman–Crippen LogP) is 2.37. The minimum atomic E-state index is -1.13. The van der Waals surface area contributed by atoms with E-state index < -0.39 is 5.97 Å². The SMILES string of the molecule is Cn1nc(-c2ccc(C(=O)O)c(O)c2)c2c1CCCC2. The molecule has 20 heavy (non-hydrogen) atoms. The number of hydrogen-bond acceptors (Lipinski definition) is 3. The van der Waals surface area contributed by atoms with Crippen LogP contribution in [0.5, 0.6) is 5.75 Å². The van der Waals surface area contributed by atoms with Gasteiger partial charge in [-0.05, 0) is 37.8 Å². The van der Waals surface area contributed by atoms with Gasteiger partial charge in [-0.15, -0.1) is 0 Å². The smallest absolute Gasteiger partial charge is 0.339 e. The molecule has 1 aliphatic carbocycles. The fourth-order valence-electron chi connectivity index (χ4n) is 2.86. The van der Waals surface area contributed by atoms with Gasteiger partial charge in [-0.2, -0.15) is 5.10 Å². The van der Waals surface area contributed by atoms with Gasteiger partial charge in [0.2, 0.25) is 0 Å². The third-order valence-electron chi connectivity index (χ3n) is 3.87. The lowest BCUT2D eigenvalue weighted by molar-refractivity contribution is 0.0694. The summed E-state index contributed by atoms with van der Waals surface area (Å²) in [7, 11) is 1.93. The summed E-state index contributed by atoms with van der Waals surface area (Å²) in [5, 5.41) is 23.3. The van der Waals surface area contributed by atoms with Crippen LogP contribution in [-0.2, 0) is 19.9 Å². The summed E-state index contributed by atoms with van der Waals surface area (Å²) in [6.07, 6.45) is 4.33. The molecule has 0 unspecified atom stereocenters. The van der Waals surface area contributed by atoms with Crippen molar-refractivity contribution in [3.8, 4) is 17.0 Å². The summed E-state index contributed by atoms with van der Waals surface area (Å²) in [6, 6.07) is 4.62. The number of carbonyl (C=O) groups is 1. The van der Waals surface area contributed by atoms with Crippen LogP contribution in [-0.4, -0.2) is 26.0 Å². The molecule has 2 aromatic rings. The Kier molecular flexibility index (Phi) is 2.97. The zero-order valence-electron chi connectivity index (χ0n) is 11.3. The van der Waals surface area contributed by atoms with Gasteiger partial charge in [0, 0.05) is 23.9 Å². The van der Waals surface area contributed by atoms with Gasteiger partial charge in [0.25, 0.3) is 0 Å². The summed E-state index contributed by atoms with van der Waals surface area (Å²) in [5.74, 6) is -1.35. The quantitative estimate of drug-likeness (QED) is 0.880. The Morgan fingerprint density at radius 3 is 2.75 bits per heavy atom. The second kappa shape index (κ2) is 4.67. The number of carboxylic acid groups (broad SMARTS) is 1. The highest BCUT2D eigenvalue weighted by Crippen LogP contribution is 2.33. The highest BCUT2D eigenvalue weighted by atomic mass is 16.4. The Morgan fingerprint density at radius 1 is 1.30 bits per heavy atom. The molecule has 2 N–H and O–H groups in total. The van der Waals surface area contributed by atoms with Gasteiger partial charge in [0.15, 0.2) is 0 Å². The van der Waals surface area contributed by atoms with E-state index >= 15 is 0 Å². The van der Waals surface area contributed by atoms with Crippen LogP contribution < -0.4 is 0 Å². The van der Waals surface area contributed by atoms with Crippen LogP contribution in [0.15, 0.2) is 18.2 Å². The number of benzene rings is 1. The Morgan fingerprint density at radius 2 is 2.05 bits per heavy atom. The second-order valence-electron chi connectivity index (χ2n) is 5.14. The van der Waals surface area contributed by atoms with Gasteiger partial charge in [0.05, 0.1) is 5.69 Å². The third kappa shape index (κ3) is 1.95. The third-order valence-corrected chi connectivity index (χ3v) is 3.87. The first-order valence-electron chi connectivity index (χ1n) is 6.69. The number of aromatic carboxylic acids is 1. The van der Waals surface area contributed by atoms with Crippen molar-refractivity contribution in [1.82, 2.24) is 9.78 Å². The van der Waals surface area contributed by atoms with E-state index in [0.29, 0.717) is 0 Å². The lowest BCUT2D eigenvalue weighted by Gasteiger charge is -2.12. The zero-order valence-corrected chi connectivity index (χ0v) is 11.3. The van der Waals surface area contributed by atoms with Crippen molar-refractivity contribution in [2.24, 2.45) is 7.05 Å². The molecule has 0 saturated carbocycles. The van der Waals surface area contributed by atoms with Crippen molar-refractivity contribution >= 4 is 5.97 Å². The predicted molar refractivity (Wildman–Crippen MR) is 73.9 cm³/mol. The first-order valence-corrected chi connectivity index (χ1v) is 6.69. The monoisotopic (exact) mass is 272 g/mol. The molecule has 0 atom stereocenters. The van der Waals surface area contributed by atoms with Crippen molar-refractivity contribution < 1.29 is 15.0 Å². The van der Waals surface area contributed by atoms with Crippen LogP contribution in [0, 0.1) is 0 Å². The Hall–Kier alpha value is -2.30. The molecule has 0 spiro atoms. The van der Waals surface area contributed by atoms with Crippen molar-refractivity contribution in [2.75, 3.05) is 0 Å². The highest BCUT2D eigenvalue weighted by Gasteiger charge is 2.21. The second-order valence-corrected chi connectivity index (χ2v) is 5.14. The molecule has 1 aromatic carbocycles. The van der Waals surface area contributed by atoms with E-state index in [2.05, 4.69) is 5.10 Å². The van der Waals surface area contributed by atoms with Crippen LogP contribution >= 0.6 is 0 Å². The van der Waals surface area contributed by atoms with Crippen LogP contribution in [0.25, 0.3) is 11.3 Å². The van der Waals surface area contributed by atoms with E-state index in [1.165, 1.54) is 29.8 Å². The fraction of sp³-hybridized carbons (Fsp3) is 0.333. The number of fused-ring (bicyclic) bond motifs is 1. The van der Waals surface area contributed by atoms with Gasteiger partial charge < -0.3 is 10.2 Å². The average molecular weight is 272 g/mol. The Balaban J connectivity index is 2.10. The van der Waals surface area contributed by atoms with E-state index in [-0.39, 0.29) is 11.3 Å². The van der Waals surface area contributed by atoms with E-state index in [4.69, 9.17) is 5.11 Å². The van der Waals surface area contributed by atoms with Crippen molar-refractivity contribution in [3.63, 3.8) is 0 Å². The molecule has 0 saturated heterocycles. The number of aryl methyl sites for hydroxylation is 1. The highest BCUT2D eigenvalue weighted by molar-refractivity contribution is 5.91. The molecule has 0 fully saturated rings. The Labute approximate surface area is 116 Å². The number of carboxylic acids is 1. The number of phenols is 1. The number of aromatic hydroxyl groups is 1. The van der Waals surface area contributed by atoms with Gasteiger partial charge >= 0.3 is 5.97 Å². The standard InChI is InChI=1S/C15H16N2O3/c1-17-12-5-3-2-4-10(12)14(16-17)9-6-7-11(15(19)20)13(18)8-9/h6-8,18H,2-5H2,1H3,(H,19,20). The molecular weight excluding hydrogens is 256 g/mol. The summed E-state index contributed by atoms with van der Waals surface area (Å²) in [4.78, 5) is 10.9. The molecule has 5 nitrogen and oxygen atoms in total.